The number of aryl methyl sites for hydroxylation is 1. The van der Waals surface area contributed by atoms with E-state index in [9.17, 15) is 4.79 Å². The number of rotatable bonds is 4. The molecule has 1 aromatic heterocycles. The van der Waals surface area contributed by atoms with Gasteiger partial charge in [0, 0.05) is 31.4 Å². The van der Waals surface area contributed by atoms with Gasteiger partial charge in [-0.25, -0.2) is 4.98 Å². The molecule has 94 valence electrons. The zero-order valence-electron chi connectivity index (χ0n) is 10.5. The van der Waals surface area contributed by atoms with Crippen LogP contribution in [0.15, 0.2) is 12.4 Å². The molecule has 1 fully saturated rings. The van der Waals surface area contributed by atoms with Crippen LogP contribution < -0.4 is 5.73 Å². The molecule has 0 aromatic carbocycles. The minimum absolute atomic E-state index is 0.212. The summed E-state index contributed by atoms with van der Waals surface area (Å²) in [6.45, 7) is 0. The van der Waals surface area contributed by atoms with E-state index in [1.165, 1.54) is 6.42 Å². The largest absolute Gasteiger partial charge is 0.338 e. The fourth-order valence-corrected chi connectivity index (χ4v) is 2.63. The standard InChI is InChI=1S/C13H21N3O/c1-16-8-7-15-12(16)9-11(17)10-13(14)5-3-2-4-6-13/h7-8H,2-6,9-10,14H2,1H3. The molecular formula is C13H21N3O. The van der Waals surface area contributed by atoms with Gasteiger partial charge in [-0.15, -0.1) is 0 Å². The molecular weight excluding hydrogens is 214 g/mol. The molecule has 17 heavy (non-hydrogen) atoms. The van der Waals surface area contributed by atoms with Crippen LogP contribution in [0.4, 0.5) is 0 Å². The summed E-state index contributed by atoms with van der Waals surface area (Å²) in [6.07, 6.45) is 10.0. The zero-order chi connectivity index (χ0) is 12.3. The van der Waals surface area contributed by atoms with E-state index in [0.717, 1.165) is 31.5 Å². The van der Waals surface area contributed by atoms with Gasteiger partial charge in [0.25, 0.3) is 0 Å². The summed E-state index contributed by atoms with van der Waals surface area (Å²) in [5.74, 6) is 1.04. The summed E-state index contributed by atoms with van der Waals surface area (Å²) in [5.41, 5.74) is 6.03. The Bertz CT molecular complexity index is 391. The van der Waals surface area contributed by atoms with Crippen LogP contribution in [0.1, 0.15) is 44.3 Å². The summed E-state index contributed by atoms with van der Waals surface area (Å²) in [6, 6.07) is 0. The summed E-state index contributed by atoms with van der Waals surface area (Å²) >= 11 is 0. The second-order valence-corrected chi connectivity index (χ2v) is 5.27. The molecule has 0 radical (unpaired) electrons. The first-order valence-electron chi connectivity index (χ1n) is 6.36. The van der Waals surface area contributed by atoms with Crippen molar-refractivity contribution in [2.24, 2.45) is 12.8 Å². The number of nitrogens with two attached hydrogens (primary N) is 1. The Morgan fingerprint density at radius 2 is 2.18 bits per heavy atom. The van der Waals surface area contributed by atoms with E-state index in [2.05, 4.69) is 4.98 Å². The van der Waals surface area contributed by atoms with E-state index < -0.39 is 0 Å². The molecule has 1 heterocycles. The normalized spacial score (nSPS) is 19.2. The van der Waals surface area contributed by atoms with Gasteiger partial charge in [-0.1, -0.05) is 19.3 Å². The van der Waals surface area contributed by atoms with Gasteiger partial charge in [0.2, 0.25) is 0 Å². The quantitative estimate of drug-likeness (QED) is 0.862. The highest BCUT2D eigenvalue weighted by molar-refractivity contribution is 5.81. The minimum Gasteiger partial charge on any atom is -0.338 e. The van der Waals surface area contributed by atoms with Gasteiger partial charge in [0.15, 0.2) is 0 Å². The summed E-state index contributed by atoms with van der Waals surface area (Å²) < 4.78 is 1.89. The maximum absolute atomic E-state index is 12.0. The highest BCUT2D eigenvalue weighted by atomic mass is 16.1. The summed E-state index contributed by atoms with van der Waals surface area (Å²) in [4.78, 5) is 16.2. The third kappa shape index (κ3) is 3.16. The van der Waals surface area contributed by atoms with Gasteiger partial charge in [-0.2, -0.15) is 0 Å². The van der Waals surface area contributed by atoms with Gasteiger partial charge in [-0.05, 0) is 12.8 Å². The maximum Gasteiger partial charge on any atom is 0.142 e. The molecule has 0 atom stereocenters. The van der Waals surface area contributed by atoms with Crippen molar-refractivity contribution in [2.45, 2.75) is 50.5 Å². The number of aromatic nitrogens is 2. The van der Waals surface area contributed by atoms with Crippen molar-refractivity contribution in [2.75, 3.05) is 0 Å². The van der Waals surface area contributed by atoms with Crippen molar-refractivity contribution in [3.05, 3.63) is 18.2 Å². The van der Waals surface area contributed by atoms with Crippen molar-refractivity contribution in [1.29, 1.82) is 0 Å². The molecule has 0 amide bonds. The van der Waals surface area contributed by atoms with E-state index in [1.807, 2.05) is 17.8 Å². The van der Waals surface area contributed by atoms with Gasteiger partial charge in [0.05, 0.1) is 6.42 Å². The molecule has 2 N–H and O–H groups in total. The van der Waals surface area contributed by atoms with Gasteiger partial charge in [0.1, 0.15) is 11.6 Å². The Balaban J connectivity index is 1.91. The molecule has 1 aliphatic rings. The number of imidazole rings is 1. The predicted molar refractivity (Wildman–Crippen MR) is 66.5 cm³/mol. The topological polar surface area (TPSA) is 60.9 Å². The molecule has 1 aromatic rings. The van der Waals surface area contributed by atoms with E-state index in [-0.39, 0.29) is 11.3 Å². The van der Waals surface area contributed by atoms with Gasteiger partial charge >= 0.3 is 0 Å². The number of hydrogen-bond acceptors (Lipinski definition) is 3. The van der Waals surface area contributed by atoms with Crippen LogP contribution in [0.5, 0.6) is 0 Å². The van der Waals surface area contributed by atoms with Crippen molar-refractivity contribution in [1.82, 2.24) is 9.55 Å². The molecule has 0 aliphatic heterocycles. The number of carbonyl (C=O) groups excluding carboxylic acids is 1. The lowest BCUT2D eigenvalue weighted by atomic mass is 9.79. The maximum atomic E-state index is 12.0. The Hall–Kier alpha value is -1.16. The van der Waals surface area contributed by atoms with Crippen LogP contribution in [0.3, 0.4) is 0 Å². The summed E-state index contributed by atoms with van der Waals surface area (Å²) in [5, 5.41) is 0. The van der Waals surface area contributed by atoms with Gasteiger partial charge in [-0.3, -0.25) is 4.79 Å². The number of ketones is 1. The first kappa shape index (κ1) is 12.3. The third-order valence-corrected chi connectivity index (χ3v) is 3.67. The van der Waals surface area contributed by atoms with Crippen LogP contribution in [0, 0.1) is 0 Å². The van der Waals surface area contributed by atoms with Crippen molar-refractivity contribution in [3.8, 4) is 0 Å². The monoisotopic (exact) mass is 235 g/mol. The third-order valence-electron chi connectivity index (χ3n) is 3.67. The fourth-order valence-electron chi connectivity index (χ4n) is 2.63. The molecule has 4 nitrogen and oxygen atoms in total. The number of carbonyl (C=O) groups is 1. The van der Waals surface area contributed by atoms with E-state index in [1.54, 1.807) is 6.20 Å². The fraction of sp³-hybridized carbons (Fsp3) is 0.692. The first-order valence-corrected chi connectivity index (χ1v) is 6.36. The lowest BCUT2D eigenvalue weighted by Crippen LogP contribution is -2.43. The lowest BCUT2D eigenvalue weighted by Gasteiger charge is -2.32. The van der Waals surface area contributed by atoms with E-state index in [4.69, 9.17) is 5.73 Å². The second kappa shape index (κ2) is 5.00. The molecule has 1 saturated carbocycles. The Labute approximate surface area is 102 Å². The predicted octanol–water partition coefficient (Wildman–Crippen LogP) is 1.58. The molecule has 2 rings (SSSR count). The van der Waals surface area contributed by atoms with Gasteiger partial charge < -0.3 is 10.3 Å². The molecule has 0 spiro atoms. The number of Topliss-reactive ketones (excluding diaryl/α,β-unsaturated/α-hetero) is 1. The highest BCUT2D eigenvalue weighted by Gasteiger charge is 2.30. The smallest absolute Gasteiger partial charge is 0.142 e. The molecule has 1 aliphatic carbocycles. The molecule has 0 bridgehead atoms. The van der Waals surface area contributed by atoms with E-state index in [0.29, 0.717) is 12.8 Å². The second-order valence-electron chi connectivity index (χ2n) is 5.27. The van der Waals surface area contributed by atoms with E-state index >= 15 is 0 Å². The Morgan fingerprint density at radius 3 is 2.76 bits per heavy atom. The van der Waals surface area contributed by atoms with Crippen molar-refractivity contribution < 1.29 is 4.79 Å². The molecule has 4 heteroatoms. The van der Waals surface area contributed by atoms with Crippen LogP contribution in [-0.2, 0) is 18.3 Å². The Kier molecular flexibility index (Phi) is 3.62. The van der Waals surface area contributed by atoms with Crippen molar-refractivity contribution >= 4 is 5.78 Å². The van der Waals surface area contributed by atoms with Crippen LogP contribution in [0.25, 0.3) is 0 Å². The summed E-state index contributed by atoms with van der Waals surface area (Å²) in [7, 11) is 1.91. The average Bonchev–Trinajstić information content (AvgIpc) is 2.64. The van der Waals surface area contributed by atoms with Crippen LogP contribution in [-0.4, -0.2) is 20.9 Å². The first-order chi connectivity index (χ1) is 8.09. The Morgan fingerprint density at radius 1 is 1.47 bits per heavy atom. The van der Waals surface area contributed by atoms with Crippen molar-refractivity contribution in [3.63, 3.8) is 0 Å². The lowest BCUT2D eigenvalue weighted by molar-refractivity contribution is -0.120. The van der Waals surface area contributed by atoms with Crippen LogP contribution >= 0.6 is 0 Å². The number of nitrogens with zero attached hydrogens (tertiary/aromatic N) is 2. The average molecular weight is 235 g/mol. The number of hydrogen-bond donors (Lipinski definition) is 1. The highest BCUT2D eigenvalue weighted by Crippen LogP contribution is 2.29. The molecule has 0 saturated heterocycles. The minimum atomic E-state index is -0.250. The van der Waals surface area contributed by atoms with Crippen LogP contribution in [0.2, 0.25) is 0 Å². The molecule has 0 unspecified atom stereocenters. The zero-order valence-corrected chi connectivity index (χ0v) is 10.5. The SMILES string of the molecule is Cn1ccnc1CC(=O)CC1(N)CCCCC1.